The first-order chi connectivity index (χ1) is 8.10. The Kier molecular flexibility index (Phi) is 5.08. The number of thiophene rings is 1. The highest BCUT2D eigenvalue weighted by Gasteiger charge is 2.18. The van der Waals surface area contributed by atoms with Crippen LogP contribution in [0.1, 0.15) is 17.3 Å². The zero-order valence-electron chi connectivity index (χ0n) is 9.30. The normalized spacial score (nSPS) is 11.9. The summed E-state index contributed by atoms with van der Waals surface area (Å²) in [5.74, 6) is -1.04. The molecule has 6 nitrogen and oxygen atoms in total. The summed E-state index contributed by atoms with van der Waals surface area (Å²) in [7, 11) is 0. The minimum atomic E-state index is -1.01. The number of hydrogen-bond donors (Lipinski definition) is 3. The number of ether oxygens (including phenoxy) is 1. The second-order valence-electron chi connectivity index (χ2n) is 3.16. The number of aliphatic hydroxyl groups excluding tert-OH is 1. The maximum absolute atomic E-state index is 11.5. The molecule has 1 atom stereocenters. The van der Waals surface area contributed by atoms with Crippen LogP contribution in [0.2, 0.25) is 0 Å². The summed E-state index contributed by atoms with van der Waals surface area (Å²) in [4.78, 5) is 22.9. The number of carbonyl (C=O) groups is 2. The van der Waals surface area contributed by atoms with Crippen LogP contribution in [-0.2, 0) is 9.53 Å². The molecule has 1 aromatic rings. The smallest absolute Gasteiger partial charge is 0.341 e. The quantitative estimate of drug-likeness (QED) is 0.654. The van der Waals surface area contributed by atoms with E-state index in [1.54, 1.807) is 18.4 Å². The van der Waals surface area contributed by atoms with Crippen molar-refractivity contribution in [2.45, 2.75) is 13.0 Å². The predicted octanol–water partition coefficient (Wildman–Crippen LogP) is 0.183. The number of nitrogens with two attached hydrogens (primary N) is 1. The van der Waals surface area contributed by atoms with Crippen LogP contribution in [0.3, 0.4) is 0 Å². The number of rotatable bonds is 5. The monoisotopic (exact) mass is 258 g/mol. The van der Waals surface area contributed by atoms with Gasteiger partial charge in [-0.15, -0.1) is 11.3 Å². The van der Waals surface area contributed by atoms with Crippen molar-refractivity contribution in [3.8, 4) is 0 Å². The number of esters is 1. The van der Waals surface area contributed by atoms with Crippen molar-refractivity contribution in [2.75, 3.05) is 18.5 Å². The largest absolute Gasteiger partial charge is 0.462 e. The van der Waals surface area contributed by atoms with E-state index in [9.17, 15) is 9.59 Å². The van der Waals surface area contributed by atoms with E-state index in [-0.39, 0.29) is 12.2 Å². The maximum atomic E-state index is 11.5. The molecule has 1 aromatic heterocycles. The van der Waals surface area contributed by atoms with E-state index in [2.05, 4.69) is 5.32 Å². The van der Waals surface area contributed by atoms with Crippen molar-refractivity contribution < 1.29 is 19.4 Å². The van der Waals surface area contributed by atoms with Crippen LogP contribution in [0.4, 0.5) is 5.00 Å². The van der Waals surface area contributed by atoms with Crippen molar-refractivity contribution in [2.24, 2.45) is 5.73 Å². The molecular weight excluding hydrogens is 244 g/mol. The van der Waals surface area contributed by atoms with Gasteiger partial charge in [0.25, 0.3) is 0 Å². The Morgan fingerprint density at radius 1 is 1.65 bits per heavy atom. The Balaban J connectivity index is 2.75. The highest BCUT2D eigenvalue weighted by molar-refractivity contribution is 7.14. The summed E-state index contributed by atoms with van der Waals surface area (Å²) < 4.78 is 4.83. The standard InChI is InChI=1S/C10H14N2O4S/c1-2-16-10(15)6-3-4-17-9(6)12-8(14)7(11)5-13/h3-4,7,13H,2,5,11H2,1H3,(H,12,14). The lowest BCUT2D eigenvalue weighted by Gasteiger charge is -2.09. The minimum absolute atomic E-state index is 0.262. The fourth-order valence-corrected chi connectivity index (χ4v) is 1.84. The van der Waals surface area contributed by atoms with Gasteiger partial charge in [0.05, 0.1) is 18.8 Å². The summed E-state index contributed by atoms with van der Waals surface area (Å²) in [5, 5.41) is 13.2. The van der Waals surface area contributed by atoms with Gasteiger partial charge in [-0.25, -0.2) is 4.79 Å². The Hall–Kier alpha value is -1.44. The Labute approximate surface area is 102 Å². The van der Waals surface area contributed by atoms with Gasteiger partial charge in [-0.05, 0) is 18.4 Å². The number of anilines is 1. The van der Waals surface area contributed by atoms with E-state index in [0.29, 0.717) is 5.00 Å². The third kappa shape index (κ3) is 3.52. The molecule has 94 valence electrons. The number of carbonyl (C=O) groups excluding carboxylic acids is 2. The van der Waals surface area contributed by atoms with E-state index < -0.39 is 24.5 Å². The maximum Gasteiger partial charge on any atom is 0.341 e. The van der Waals surface area contributed by atoms with E-state index in [1.165, 1.54) is 11.3 Å². The Morgan fingerprint density at radius 2 is 2.35 bits per heavy atom. The molecule has 0 aliphatic carbocycles. The lowest BCUT2D eigenvalue weighted by molar-refractivity contribution is -0.118. The molecule has 1 heterocycles. The molecular formula is C10H14N2O4S. The van der Waals surface area contributed by atoms with Crippen LogP contribution in [0.15, 0.2) is 11.4 Å². The second kappa shape index (κ2) is 6.33. The third-order valence-corrected chi connectivity index (χ3v) is 2.76. The molecule has 0 aliphatic heterocycles. The van der Waals surface area contributed by atoms with Gasteiger partial charge in [0.1, 0.15) is 11.0 Å². The molecule has 1 rings (SSSR count). The molecule has 0 bridgehead atoms. The fourth-order valence-electron chi connectivity index (χ4n) is 1.06. The molecule has 1 unspecified atom stereocenters. The average Bonchev–Trinajstić information content (AvgIpc) is 2.76. The van der Waals surface area contributed by atoms with Crippen LogP contribution in [0.25, 0.3) is 0 Å². The lowest BCUT2D eigenvalue weighted by Crippen LogP contribution is -2.38. The van der Waals surface area contributed by atoms with Crippen LogP contribution < -0.4 is 11.1 Å². The third-order valence-electron chi connectivity index (χ3n) is 1.93. The van der Waals surface area contributed by atoms with Gasteiger partial charge in [0.2, 0.25) is 5.91 Å². The molecule has 0 aromatic carbocycles. The molecule has 0 radical (unpaired) electrons. The Bertz CT molecular complexity index is 405. The van der Waals surface area contributed by atoms with Gasteiger partial charge in [-0.3, -0.25) is 4.79 Å². The van der Waals surface area contributed by atoms with E-state index in [1.807, 2.05) is 0 Å². The highest BCUT2D eigenvalue weighted by atomic mass is 32.1. The summed E-state index contributed by atoms with van der Waals surface area (Å²) in [6, 6.07) is 0.551. The zero-order valence-corrected chi connectivity index (χ0v) is 10.1. The van der Waals surface area contributed by atoms with Crippen molar-refractivity contribution in [3.05, 3.63) is 17.0 Å². The van der Waals surface area contributed by atoms with Gasteiger partial charge >= 0.3 is 5.97 Å². The van der Waals surface area contributed by atoms with Crippen LogP contribution in [0, 0.1) is 0 Å². The summed E-state index contributed by atoms with van der Waals surface area (Å²) >= 11 is 1.19. The molecule has 1 amide bonds. The molecule has 17 heavy (non-hydrogen) atoms. The molecule has 0 aliphatic rings. The first kappa shape index (κ1) is 13.6. The minimum Gasteiger partial charge on any atom is -0.462 e. The first-order valence-corrected chi connectivity index (χ1v) is 5.90. The van der Waals surface area contributed by atoms with Crippen LogP contribution in [0.5, 0.6) is 0 Å². The van der Waals surface area contributed by atoms with Crippen molar-refractivity contribution in [1.82, 2.24) is 0 Å². The van der Waals surface area contributed by atoms with Gasteiger partial charge < -0.3 is 20.9 Å². The summed E-state index contributed by atoms with van der Waals surface area (Å²) in [5.41, 5.74) is 5.63. The van der Waals surface area contributed by atoms with Crippen molar-refractivity contribution in [3.63, 3.8) is 0 Å². The molecule has 0 saturated heterocycles. The van der Waals surface area contributed by atoms with Crippen LogP contribution >= 0.6 is 11.3 Å². The van der Waals surface area contributed by atoms with Crippen LogP contribution in [-0.4, -0.2) is 36.2 Å². The van der Waals surface area contributed by atoms with Gasteiger partial charge in [-0.2, -0.15) is 0 Å². The summed E-state index contributed by atoms with van der Waals surface area (Å²) in [6.07, 6.45) is 0. The number of hydrogen-bond acceptors (Lipinski definition) is 6. The fraction of sp³-hybridized carbons (Fsp3) is 0.400. The van der Waals surface area contributed by atoms with E-state index >= 15 is 0 Å². The zero-order chi connectivity index (χ0) is 12.8. The molecule has 0 spiro atoms. The van der Waals surface area contributed by atoms with E-state index in [0.717, 1.165) is 0 Å². The lowest BCUT2D eigenvalue weighted by atomic mass is 10.3. The number of nitrogens with one attached hydrogen (secondary N) is 1. The van der Waals surface area contributed by atoms with Crippen molar-refractivity contribution >= 4 is 28.2 Å². The number of aliphatic hydroxyl groups is 1. The van der Waals surface area contributed by atoms with Gasteiger partial charge in [0, 0.05) is 0 Å². The highest BCUT2D eigenvalue weighted by Crippen LogP contribution is 2.24. The van der Waals surface area contributed by atoms with Gasteiger partial charge in [0.15, 0.2) is 0 Å². The van der Waals surface area contributed by atoms with Gasteiger partial charge in [-0.1, -0.05) is 0 Å². The average molecular weight is 258 g/mol. The van der Waals surface area contributed by atoms with E-state index in [4.69, 9.17) is 15.6 Å². The molecule has 7 heteroatoms. The predicted molar refractivity (Wildman–Crippen MR) is 64.0 cm³/mol. The topological polar surface area (TPSA) is 102 Å². The number of amides is 1. The molecule has 0 fully saturated rings. The van der Waals surface area contributed by atoms with Crippen molar-refractivity contribution in [1.29, 1.82) is 0 Å². The first-order valence-electron chi connectivity index (χ1n) is 5.02. The molecule has 0 saturated carbocycles. The SMILES string of the molecule is CCOC(=O)c1ccsc1NC(=O)C(N)CO. The summed E-state index contributed by atoms with van der Waals surface area (Å²) in [6.45, 7) is 1.51. The molecule has 4 N–H and O–H groups in total. The Morgan fingerprint density at radius 3 is 2.94 bits per heavy atom. The second-order valence-corrected chi connectivity index (χ2v) is 4.08.